The second kappa shape index (κ2) is 8.23. The SMILES string of the molecule is CCCCNC(=O)C(C)NCCC(N)=O. The Labute approximate surface area is 90.8 Å². The van der Waals surface area contributed by atoms with Gasteiger partial charge in [0.15, 0.2) is 0 Å². The highest BCUT2D eigenvalue weighted by molar-refractivity contribution is 5.81. The Morgan fingerprint density at radius 3 is 2.53 bits per heavy atom. The zero-order valence-corrected chi connectivity index (χ0v) is 9.51. The van der Waals surface area contributed by atoms with Gasteiger partial charge in [-0.05, 0) is 13.3 Å². The molecule has 0 spiro atoms. The van der Waals surface area contributed by atoms with Gasteiger partial charge in [0.05, 0.1) is 6.04 Å². The van der Waals surface area contributed by atoms with Gasteiger partial charge < -0.3 is 16.4 Å². The monoisotopic (exact) mass is 215 g/mol. The molecule has 0 aliphatic carbocycles. The third kappa shape index (κ3) is 7.93. The number of nitrogens with one attached hydrogen (secondary N) is 2. The largest absolute Gasteiger partial charge is 0.370 e. The molecule has 0 fully saturated rings. The Morgan fingerprint density at radius 2 is 2.00 bits per heavy atom. The van der Waals surface area contributed by atoms with E-state index < -0.39 is 0 Å². The first-order valence-electron chi connectivity index (χ1n) is 5.37. The third-order valence-corrected chi connectivity index (χ3v) is 2.04. The molecule has 0 aromatic rings. The normalized spacial score (nSPS) is 12.1. The highest BCUT2D eigenvalue weighted by Gasteiger charge is 2.10. The lowest BCUT2D eigenvalue weighted by atomic mass is 10.2. The molecule has 0 aromatic heterocycles. The molecule has 0 heterocycles. The number of carbonyl (C=O) groups is 2. The smallest absolute Gasteiger partial charge is 0.236 e. The van der Waals surface area contributed by atoms with Crippen molar-refractivity contribution in [2.45, 2.75) is 39.2 Å². The van der Waals surface area contributed by atoms with E-state index in [1.807, 2.05) is 0 Å². The van der Waals surface area contributed by atoms with Gasteiger partial charge in [0.1, 0.15) is 0 Å². The van der Waals surface area contributed by atoms with E-state index in [4.69, 9.17) is 5.73 Å². The number of primary amides is 1. The molecule has 88 valence electrons. The maximum absolute atomic E-state index is 11.4. The number of hydrogen-bond acceptors (Lipinski definition) is 3. The van der Waals surface area contributed by atoms with E-state index in [9.17, 15) is 9.59 Å². The van der Waals surface area contributed by atoms with E-state index in [1.54, 1.807) is 6.92 Å². The van der Waals surface area contributed by atoms with E-state index in [0.717, 1.165) is 12.8 Å². The second-order valence-corrected chi connectivity index (χ2v) is 3.54. The Hall–Kier alpha value is -1.10. The lowest BCUT2D eigenvalue weighted by molar-refractivity contribution is -0.123. The van der Waals surface area contributed by atoms with Crippen LogP contribution in [-0.2, 0) is 9.59 Å². The van der Waals surface area contributed by atoms with Gasteiger partial charge in [0.25, 0.3) is 0 Å². The van der Waals surface area contributed by atoms with Crippen LogP contribution in [0.4, 0.5) is 0 Å². The van der Waals surface area contributed by atoms with Gasteiger partial charge in [0, 0.05) is 19.5 Å². The molecule has 0 saturated carbocycles. The fraction of sp³-hybridized carbons (Fsp3) is 0.800. The molecule has 0 bridgehead atoms. The maximum atomic E-state index is 11.4. The summed E-state index contributed by atoms with van der Waals surface area (Å²) in [6.45, 7) is 4.98. The Bertz CT molecular complexity index is 207. The predicted molar refractivity (Wildman–Crippen MR) is 59.2 cm³/mol. The topological polar surface area (TPSA) is 84.2 Å². The van der Waals surface area contributed by atoms with Crippen LogP contribution in [-0.4, -0.2) is 30.9 Å². The number of hydrogen-bond donors (Lipinski definition) is 3. The van der Waals surface area contributed by atoms with Gasteiger partial charge in [-0.1, -0.05) is 13.3 Å². The first-order valence-corrected chi connectivity index (χ1v) is 5.37. The van der Waals surface area contributed by atoms with Crippen molar-refractivity contribution in [2.24, 2.45) is 5.73 Å². The molecule has 0 radical (unpaired) electrons. The average Bonchev–Trinajstić information content (AvgIpc) is 2.17. The quantitative estimate of drug-likeness (QED) is 0.488. The number of carbonyl (C=O) groups excluding carboxylic acids is 2. The fourth-order valence-corrected chi connectivity index (χ4v) is 1.05. The van der Waals surface area contributed by atoms with Crippen molar-refractivity contribution in [1.82, 2.24) is 10.6 Å². The third-order valence-electron chi connectivity index (χ3n) is 2.04. The second-order valence-electron chi connectivity index (χ2n) is 3.54. The van der Waals surface area contributed by atoms with Gasteiger partial charge in [-0.2, -0.15) is 0 Å². The summed E-state index contributed by atoms with van der Waals surface area (Å²) in [7, 11) is 0. The zero-order chi connectivity index (χ0) is 11.7. The first-order chi connectivity index (χ1) is 7.07. The van der Waals surface area contributed by atoms with Crippen LogP contribution in [0.15, 0.2) is 0 Å². The highest BCUT2D eigenvalue weighted by atomic mass is 16.2. The lowest BCUT2D eigenvalue weighted by Crippen LogP contribution is -2.43. The van der Waals surface area contributed by atoms with E-state index in [2.05, 4.69) is 17.6 Å². The summed E-state index contributed by atoms with van der Waals surface area (Å²) >= 11 is 0. The van der Waals surface area contributed by atoms with E-state index in [0.29, 0.717) is 13.1 Å². The van der Waals surface area contributed by atoms with Crippen molar-refractivity contribution in [2.75, 3.05) is 13.1 Å². The minimum atomic E-state index is -0.360. The summed E-state index contributed by atoms with van der Waals surface area (Å²) in [6.07, 6.45) is 2.30. The molecular weight excluding hydrogens is 194 g/mol. The van der Waals surface area contributed by atoms with Crippen molar-refractivity contribution in [3.63, 3.8) is 0 Å². The van der Waals surface area contributed by atoms with Crippen LogP contribution >= 0.6 is 0 Å². The van der Waals surface area contributed by atoms with E-state index in [-0.39, 0.29) is 24.3 Å². The number of amides is 2. The summed E-state index contributed by atoms with van der Waals surface area (Å²) in [4.78, 5) is 21.8. The minimum absolute atomic E-state index is 0.0343. The van der Waals surface area contributed by atoms with Crippen molar-refractivity contribution in [1.29, 1.82) is 0 Å². The molecule has 5 nitrogen and oxygen atoms in total. The average molecular weight is 215 g/mol. The maximum Gasteiger partial charge on any atom is 0.236 e. The highest BCUT2D eigenvalue weighted by Crippen LogP contribution is 1.86. The standard InChI is InChI=1S/C10H21N3O2/c1-3-4-6-13-10(15)8(2)12-7-5-9(11)14/h8,12H,3-7H2,1-2H3,(H2,11,14)(H,13,15). The molecule has 0 aliphatic heterocycles. The Balaban J connectivity index is 3.55. The van der Waals surface area contributed by atoms with Crippen LogP contribution in [0.25, 0.3) is 0 Å². The van der Waals surface area contributed by atoms with Crippen LogP contribution in [0.1, 0.15) is 33.1 Å². The summed E-state index contributed by atoms with van der Waals surface area (Å²) < 4.78 is 0. The Kier molecular flexibility index (Phi) is 7.62. The lowest BCUT2D eigenvalue weighted by Gasteiger charge is -2.13. The molecular formula is C10H21N3O2. The molecule has 0 aromatic carbocycles. The van der Waals surface area contributed by atoms with Gasteiger partial charge in [-0.25, -0.2) is 0 Å². The van der Waals surface area contributed by atoms with Crippen molar-refractivity contribution in [3.8, 4) is 0 Å². The molecule has 15 heavy (non-hydrogen) atoms. The van der Waals surface area contributed by atoms with Crippen LogP contribution in [0.3, 0.4) is 0 Å². The number of unbranched alkanes of at least 4 members (excludes halogenated alkanes) is 1. The van der Waals surface area contributed by atoms with Crippen molar-refractivity contribution < 1.29 is 9.59 Å². The van der Waals surface area contributed by atoms with Gasteiger partial charge >= 0.3 is 0 Å². The van der Waals surface area contributed by atoms with Gasteiger partial charge in [-0.3, -0.25) is 9.59 Å². The van der Waals surface area contributed by atoms with Crippen LogP contribution < -0.4 is 16.4 Å². The van der Waals surface area contributed by atoms with Gasteiger partial charge in [-0.15, -0.1) is 0 Å². The zero-order valence-electron chi connectivity index (χ0n) is 9.51. The molecule has 0 aliphatic rings. The van der Waals surface area contributed by atoms with Crippen LogP contribution in [0.2, 0.25) is 0 Å². The summed E-state index contributed by atoms with van der Waals surface area (Å²) in [6, 6.07) is -0.277. The van der Waals surface area contributed by atoms with Gasteiger partial charge in [0.2, 0.25) is 11.8 Å². The molecule has 1 unspecified atom stereocenters. The molecule has 2 amide bonds. The molecule has 4 N–H and O–H groups in total. The van der Waals surface area contributed by atoms with Crippen molar-refractivity contribution in [3.05, 3.63) is 0 Å². The fourth-order valence-electron chi connectivity index (χ4n) is 1.05. The molecule has 0 rings (SSSR count). The first kappa shape index (κ1) is 13.9. The summed E-state index contributed by atoms with van der Waals surface area (Å²) in [5.41, 5.74) is 4.97. The van der Waals surface area contributed by atoms with E-state index in [1.165, 1.54) is 0 Å². The molecule has 0 saturated heterocycles. The van der Waals surface area contributed by atoms with Crippen LogP contribution in [0.5, 0.6) is 0 Å². The van der Waals surface area contributed by atoms with Crippen molar-refractivity contribution >= 4 is 11.8 Å². The molecule has 5 heteroatoms. The predicted octanol–water partition coefficient (Wildman–Crippen LogP) is -0.244. The number of rotatable bonds is 8. The summed E-state index contributed by atoms with van der Waals surface area (Å²) in [5.74, 6) is -0.394. The van der Waals surface area contributed by atoms with E-state index >= 15 is 0 Å². The summed E-state index contributed by atoms with van der Waals surface area (Å²) in [5, 5.41) is 5.73. The Morgan fingerprint density at radius 1 is 1.33 bits per heavy atom. The van der Waals surface area contributed by atoms with Crippen LogP contribution in [0, 0.1) is 0 Å². The molecule has 1 atom stereocenters. The number of nitrogens with two attached hydrogens (primary N) is 1. The minimum Gasteiger partial charge on any atom is -0.370 e.